The summed E-state index contributed by atoms with van der Waals surface area (Å²) in [6.45, 7) is 6.55. The SMILES string of the molecule is CC(=O)N1CCN(Cc2cccc(NN(C=O)c3ccc(C)nc3)c2F)CC1. The van der Waals surface area contributed by atoms with Gasteiger partial charge in [-0.1, -0.05) is 12.1 Å². The molecule has 0 bridgehead atoms. The molecule has 8 heteroatoms. The van der Waals surface area contributed by atoms with E-state index in [1.807, 2.05) is 6.92 Å². The first-order valence-electron chi connectivity index (χ1n) is 9.17. The number of piperazine rings is 1. The van der Waals surface area contributed by atoms with Crippen LogP contribution in [0, 0.1) is 12.7 Å². The number of nitrogens with one attached hydrogen (secondary N) is 1. The zero-order valence-electron chi connectivity index (χ0n) is 16.1. The van der Waals surface area contributed by atoms with E-state index in [4.69, 9.17) is 0 Å². The summed E-state index contributed by atoms with van der Waals surface area (Å²) in [4.78, 5) is 31.0. The lowest BCUT2D eigenvalue weighted by molar-refractivity contribution is -0.130. The number of hydrogen-bond donors (Lipinski definition) is 1. The molecule has 0 radical (unpaired) electrons. The van der Waals surface area contributed by atoms with Gasteiger partial charge >= 0.3 is 0 Å². The van der Waals surface area contributed by atoms with E-state index in [1.54, 1.807) is 48.4 Å². The Labute approximate surface area is 163 Å². The van der Waals surface area contributed by atoms with Crippen LogP contribution in [0.2, 0.25) is 0 Å². The van der Waals surface area contributed by atoms with E-state index in [1.165, 1.54) is 5.01 Å². The fourth-order valence-corrected chi connectivity index (χ4v) is 3.13. The molecule has 0 atom stereocenters. The van der Waals surface area contributed by atoms with Crippen molar-refractivity contribution < 1.29 is 14.0 Å². The largest absolute Gasteiger partial charge is 0.340 e. The van der Waals surface area contributed by atoms with E-state index in [9.17, 15) is 14.0 Å². The van der Waals surface area contributed by atoms with Crippen LogP contribution in [-0.4, -0.2) is 53.3 Å². The Morgan fingerprint density at radius 1 is 1.25 bits per heavy atom. The van der Waals surface area contributed by atoms with Crippen molar-refractivity contribution in [3.63, 3.8) is 0 Å². The summed E-state index contributed by atoms with van der Waals surface area (Å²) in [5.41, 5.74) is 4.91. The molecule has 0 unspecified atom stereocenters. The molecule has 28 heavy (non-hydrogen) atoms. The van der Waals surface area contributed by atoms with Crippen LogP contribution < -0.4 is 10.4 Å². The molecule has 1 fully saturated rings. The first-order valence-corrected chi connectivity index (χ1v) is 9.17. The number of amides is 2. The van der Waals surface area contributed by atoms with Gasteiger partial charge in [0.25, 0.3) is 0 Å². The standard InChI is InChI=1S/C20H24FN5O2/c1-15-6-7-18(12-22-15)26(14-27)23-19-5-3-4-17(20(19)21)13-24-8-10-25(11-9-24)16(2)28/h3-7,12,14,23H,8-11,13H2,1-2H3. The predicted octanol–water partition coefficient (Wildman–Crippen LogP) is 2.18. The van der Waals surface area contributed by atoms with Gasteiger partial charge in [0.1, 0.15) is 0 Å². The fourth-order valence-electron chi connectivity index (χ4n) is 3.13. The highest BCUT2D eigenvalue weighted by atomic mass is 19.1. The molecular formula is C20H24FN5O2. The van der Waals surface area contributed by atoms with Crippen molar-refractivity contribution in [2.45, 2.75) is 20.4 Å². The summed E-state index contributed by atoms with van der Waals surface area (Å²) in [5.74, 6) is -0.333. The number of benzene rings is 1. The lowest BCUT2D eigenvalue weighted by Crippen LogP contribution is -2.47. The van der Waals surface area contributed by atoms with Crippen LogP contribution in [0.5, 0.6) is 0 Å². The van der Waals surface area contributed by atoms with Gasteiger partial charge in [-0.2, -0.15) is 0 Å². The van der Waals surface area contributed by atoms with Crippen LogP contribution in [0.4, 0.5) is 15.8 Å². The number of rotatable bonds is 6. The minimum atomic E-state index is -0.400. The van der Waals surface area contributed by atoms with Gasteiger partial charge in [0.2, 0.25) is 12.3 Å². The number of aryl methyl sites for hydroxylation is 1. The monoisotopic (exact) mass is 385 g/mol. The second-order valence-corrected chi connectivity index (χ2v) is 6.81. The Morgan fingerprint density at radius 3 is 2.61 bits per heavy atom. The summed E-state index contributed by atoms with van der Waals surface area (Å²) < 4.78 is 15.0. The molecule has 7 nitrogen and oxygen atoms in total. The number of hydrogen-bond acceptors (Lipinski definition) is 5. The molecule has 1 aromatic heterocycles. The van der Waals surface area contributed by atoms with Crippen LogP contribution >= 0.6 is 0 Å². The molecule has 1 aliphatic heterocycles. The molecule has 2 amide bonds. The highest BCUT2D eigenvalue weighted by Gasteiger charge is 2.20. The minimum Gasteiger partial charge on any atom is -0.340 e. The van der Waals surface area contributed by atoms with Gasteiger partial charge in [0.05, 0.1) is 17.6 Å². The third-order valence-electron chi connectivity index (χ3n) is 4.81. The second kappa shape index (κ2) is 8.79. The molecule has 2 heterocycles. The predicted molar refractivity (Wildman–Crippen MR) is 105 cm³/mol. The molecule has 0 aliphatic carbocycles. The average Bonchev–Trinajstić information content (AvgIpc) is 2.70. The van der Waals surface area contributed by atoms with Gasteiger partial charge in [-0.25, -0.2) is 9.40 Å². The van der Waals surface area contributed by atoms with Crippen LogP contribution in [0.1, 0.15) is 18.2 Å². The van der Waals surface area contributed by atoms with E-state index >= 15 is 0 Å². The smallest absolute Gasteiger partial charge is 0.232 e. The van der Waals surface area contributed by atoms with Crippen molar-refractivity contribution in [3.8, 4) is 0 Å². The average molecular weight is 385 g/mol. The number of carbonyl (C=O) groups is 2. The van der Waals surface area contributed by atoms with Crippen molar-refractivity contribution >= 4 is 23.7 Å². The topological polar surface area (TPSA) is 68.8 Å². The molecule has 148 valence electrons. The molecule has 1 aromatic carbocycles. The van der Waals surface area contributed by atoms with Crippen LogP contribution in [0.15, 0.2) is 36.5 Å². The van der Waals surface area contributed by atoms with E-state index in [0.29, 0.717) is 50.4 Å². The maximum Gasteiger partial charge on any atom is 0.232 e. The first kappa shape index (κ1) is 19.8. The normalized spacial score (nSPS) is 14.6. The van der Waals surface area contributed by atoms with Crippen molar-refractivity contribution in [2.24, 2.45) is 0 Å². The summed E-state index contributed by atoms with van der Waals surface area (Å²) >= 11 is 0. The zero-order valence-corrected chi connectivity index (χ0v) is 16.1. The molecule has 1 aliphatic rings. The Morgan fingerprint density at radius 2 is 2.00 bits per heavy atom. The maximum atomic E-state index is 15.0. The van der Waals surface area contributed by atoms with E-state index in [2.05, 4.69) is 15.3 Å². The lowest BCUT2D eigenvalue weighted by Gasteiger charge is -2.34. The van der Waals surface area contributed by atoms with Crippen molar-refractivity contribution in [1.82, 2.24) is 14.8 Å². The van der Waals surface area contributed by atoms with Gasteiger partial charge < -0.3 is 4.90 Å². The molecule has 1 N–H and O–H groups in total. The van der Waals surface area contributed by atoms with Crippen LogP contribution in [0.25, 0.3) is 0 Å². The highest BCUT2D eigenvalue weighted by Crippen LogP contribution is 2.22. The molecule has 2 aromatic rings. The van der Waals surface area contributed by atoms with Crippen LogP contribution in [-0.2, 0) is 16.1 Å². The Balaban J connectivity index is 1.69. The number of anilines is 2. The van der Waals surface area contributed by atoms with Gasteiger partial charge in [-0.15, -0.1) is 0 Å². The van der Waals surface area contributed by atoms with Gasteiger partial charge in [-0.3, -0.25) is 24.9 Å². The van der Waals surface area contributed by atoms with Crippen molar-refractivity contribution in [3.05, 3.63) is 53.6 Å². The highest BCUT2D eigenvalue weighted by molar-refractivity contribution is 5.78. The summed E-state index contributed by atoms with van der Waals surface area (Å²) in [5, 5.41) is 1.19. The second-order valence-electron chi connectivity index (χ2n) is 6.81. The quantitative estimate of drug-likeness (QED) is 0.610. The summed E-state index contributed by atoms with van der Waals surface area (Å²) in [6, 6.07) is 8.59. The van der Waals surface area contributed by atoms with Gasteiger partial charge in [-0.05, 0) is 25.1 Å². The first-order chi connectivity index (χ1) is 13.5. The Hall–Kier alpha value is -3.00. The summed E-state index contributed by atoms with van der Waals surface area (Å²) in [6.07, 6.45) is 2.13. The van der Waals surface area contributed by atoms with E-state index in [0.717, 1.165) is 5.69 Å². The van der Waals surface area contributed by atoms with Gasteiger partial charge in [0.15, 0.2) is 5.82 Å². The molecule has 3 rings (SSSR count). The fraction of sp³-hybridized carbons (Fsp3) is 0.350. The van der Waals surface area contributed by atoms with Crippen molar-refractivity contribution in [2.75, 3.05) is 36.6 Å². The van der Waals surface area contributed by atoms with E-state index in [-0.39, 0.29) is 11.6 Å². The Bertz CT molecular complexity index is 835. The number of hydrazine groups is 1. The molecular weight excluding hydrogens is 361 g/mol. The Kier molecular flexibility index (Phi) is 6.20. The zero-order chi connectivity index (χ0) is 20.1. The third-order valence-corrected chi connectivity index (χ3v) is 4.81. The molecule has 1 saturated heterocycles. The number of nitrogens with zero attached hydrogens (tertiary/aromatic N) is 4. The minimum absolute atomic E-state index is 0.0663. The number of halogens is 1. The van der Waals surface area contributed by atoms with Crippen molar-refractivity contribution in [1.29, 1.82) is 0 Å². The molecule has 0 spiro atoms. The third kappa shape index (κ3) is 4.64. The van der Waals surface area contributed by atoms with Crippen LogP contribution in [0.3, 0.4) is 0 Å². The maximum absolute atomic E-state index is 15.0. The number of aromatic nitrogens is 1. The number of carbonyl (C=O) groups excluding carboxylic acids is 2. The van der Waals surface area contributed by atoms with E-state index < -0.39 is 5.82 Å². The lowest BCUT2D eigenvalue weighted by atomic mass is 10.1. The summed E-state index contributed by atoms with van der Waals surface area (Å²) in [7, 11) is 0. The number of pyridine rings is 1. The van der Waals surface area contributed by atoms with Gasteiger partial charge in [0, 0.05) is 50.9 Å². The molecule has 0 saturated carbocycles.